The minimum absolute atomic E-state index is 0.0443. The zero-order valence-electron chi connectivity index (χ0n) is 19.0. The number of piperidine rings is 1. The number of rotatable bonds is 8. The van der Waals surface area contributed by atoms with Gasteiger partial charge in [0, 0.05) is 50.4 Å². The molecule has 1 unspecified atom stereocenters. The number of carbonyl (C=O) groups is 1. The molecule has 1 aromatic heterocycles. The average molecular weight is 432 g/mol. The van der Waals surface area contributed by atoms with Crippen molar-refractivity contribution in [3.05, 3.63) is 89.9 Å². The Morgan fingerprint density at radius 3 is 2.38 bits per heavy atom. The third-order valence-electron chi connectivity index (χ3n) is 6.34. The predicted octanol–water partition coefficient (Wildman–Crippen LogP) is 4.76. The lowest BCUT2D eigenvalue weighted by Crippen LogP contribution is -2.43. The molecule has 3 aromatic rings. The molecule has 1 fully saturated rings. The smallest absolute Gasteiger partial charge is 0.253 e. The molecule has 1 atom stereocenters. The fourth-order valence-corrected chi connectivity index (χ4v) is 4.49. The molecule has 0 spiro atoms. The molecular formula is C27H33N3O2. The monoisotopic (exact) mass is 431 g/mol. The van der Waals surface area contributed by atoms with E-state index >= 15 is 0 Å². The van der Waals surface area contributed by atoms with E-state index in [-0.39, 0.29) is 11.8 Å². The standard InChI is InChI=1S/C27H33N3O2/c1-29(2)27(31)22-10-12-24(13-11-22)30-18-15-23(16-19-30)28-17-14-25(26-9-6-20-32-26)21-7-4-3-5-8-21/h3-13,20,23,25,28H,14-19H2,1-2H3. The van der Waals surface area contributed by atoms with Gasteiger partial charge in [0.1, 0.15) is 5.76 Å². The highest BCUT2D eigenvalue weighted by molar-refractivity contribution is 5.94. The second-order valence-corrected chi connectivity index (χ2v) is 8.73. The summed E-state index contributed by atoms with van der Waals surface area (Å²) in [5.74, 6) is 1.36. The minimum atomic E-state index is 0.0443. The minimum Gasteiger partial charge on any atom is -0.469 e. The molecule has 0 aliphatic carbocycles. The molecule has 4 rings (SSSR count). The first kappa shape index (κ1) is 22.2. The number of hydrogen-bond donors (Lipinski definition) is 1. The summed E-state index contributed by atoms with van der Waals surface area (Å²) in [6.07, 6.45) is 5.01. The van der Waals surface area contributed by atoms with Gasteiger partial charge in [-0.05, 0) is 67.8 Å². The Bertz CT molecular complexity index is 960. The topological polar surface area (TPSA) is 48.7 Å². The lowest BCUT2D eigenvalue weighted by molar-refractivity contribution is 0.0827. The van der Waals surface area contributed by atoms with Gasteiger partial charge in [0.05, 0.1) is 6.26 Å². The molecular weight excluding hydrogens is 398 g/mol. The maximum absolute atomic E-state index is 12.1. The average Bonchev–Trinajstić information content (AvgIpc) is 3.37. The molecule has 0 bridgehead atoms. The van der Waals surface area contributed by atoms with Crippen molar-refractivity contribution in [2.75, 3.05) is 38.6 Å². The summed E-state index contributed by atoms with van der Waals surface area (Å²) in [5.41, 5.74) is 3.23. The van der Waals surface area contributed by atoms with Crippen molar-refractivity contribution in [1.82, 2.24) is 10.2 Å². The van der Waals surface area contributed by atoms with Crippen LogP contribution in [0.3, 0.4) is 0 Å². The molecule has 2 aromatic carbocycles. The van der Waals surface area contributed by atoms with Gasteiger partial charge in [0.15, 0.2) is 0 Å². The largest absolute Gasteiger partial charge is 0.469 e. The highest BCUT2D eigenvalue weighted by Gasteiger charge is 2.21. The van der Waals surface area contributed by atoms with Crippen LogP contribution in [0.15, 0.2) is 77.4 Å². The van der Waals surface area contributed by atoms with Crippen molar-refractivity contribution in [1.29, 1.82) is 0 Å². The molecule has 5 heteroatoms. The third kappa shape index (κ3) is 5.40. The summed E-state index contributed by atoms with van der Waals surface area (Å²) in [6, 6.07) is 23.2. The zero-order valence-corrected chi connectivity index (χ0v) is 19.0. The number of carbonyl (C=O) groups excluding carboxylic acids is 1. The molecule has 0 radical (unpaired) electrons. The molecule has 1 saturated heterocycles. The van der Waals surface area contributed by atoms with Crippen LogP contribution in [0.4, 0.5) is 5.69 Å². The van der Waals surface area contributed by atoms with Crippen molar-refractivity contribution in [2.24, 2.45) is 0 Å². The molecule has 1 aliphatic rings. The first-order chi connectivity index (χ1) is 15.6. The summed E-state index contributed by atoms with van der Waals surface area (Å²) in [7, 11) is 3.56. The van der Waals surface area contributed by atoms with E-state index in [1.165, 1.54) is 11.3 Å². The number of nitrogens with one attached hydrogen (secondary N) is 1. The van der Waals surface area contributed by atoms with E-state index in [9.17, 15) is 4.79 Å². The number of anilines is 1. The predicted molar refractivity (Wildman–Crippen MR) is 129 cm³/mol. The van der Waals surface area contributed by atoms with Gasteiger partial charge < -0.3 is 19.5 Å². The van der Waals surface area contributed by atoms with E-state index in [2.05, 4.69) is 58.7 Å². The van der Waals surface area contributed by atoms with Crippen LogP contribution in [0.2, 0.25) is 0 Å². The summed E-state index contributed by atoms with van der Waals surface area (Å²) < 4.78 is 5.73. The van der Waals surface area contributed by atoms with Crippen molar-refractivity contribution in [2.45, 2.75) is 31.2 Å². The Balaban J connectivity index is 1.26. The molecule has 1 amide bonds. The number of amides is 1. The van der Waals surface area contributed by atoms with Gasteiger partial charge in [-0.15, -0.1) is 0 Å². The van der Waals surface area contributed by atoms with Crippen LogP contribution in [0.1, 0.15) is 46.9 Å². The lowest BCUT2D eigenvalue weighted by Gasteiger charge is -2.34. The van der Waals surface area contributed by atoms with Gasteiger partial charge in [-0.3, -0.25) is 4.79 Å². The van der Waals surface area contributed by atoms with Crippen LogP contribution in [0.25, 0.3) is 0 Å². The van der Waals surface area contributed by atoms with E-state index in [4.69, 9.17) is 4.42 Å². The number of hydrogen-bond acceptors (Lipinski definition) is 4. The molecule has 1 N–H and O–H groups in total. The molecule has 0 saturated carbocycles. The summed E-state index contributed by atoms with van der Waals surface area (Å²) in [4.78, 5) is 16.1. The molecule has 32 heavy (non-hydrogen) atoms. The Morgan fingerprint density at radius 2 is 1.75 bits per heavy atom. The Labute approximate surface area is 191 Å². The second-order valence-electron chi connectivity index (χ2n) is 8.73. The SMILES string of the molecule is CN(C)C(=O)c1ccc(N2CCC(NCCC(c3ccccc3)c3ccco3)CC2)cc1. The van der Waals surface area contributed by atoms with E-state index in [0.717, 1.165) is 50.2 Å². The molecule has 168 valence electrons. The third-order valence-corrected chi connectivity index (χ3v) is 6.34. The number of furan rings is 1. The van der Waals surface area contributed by atoms with E-state index < -0.39 is 0 Å². The molecule has 5 nitrogen and oxygen atoms in total. The van der Waals surface area contributed by atoms with Gasteiger partial charge in [-0.25, -0.2) is 0 Å². The summed E-state index contributed by atoms with van der Waals surface area (Å²) in [5, 5.41) is 3.77. The van der Waals surface area contributed by atoms with Crippen molar-refractivity contribution < 1.29 is 9.21 Å². The van der Waals surface area contributed by atoms with E-state index in [0.29, 0.717) is 6.04 Å². The maximum Gasteiger partial charge on any atom is 0.253 e. The Morgan fingerprint density at radius 1 is 1.03 bits per heavy atom. The van der Waals surface area contributed by atoms with Crippen LogP contribution in [0, 0.1) is 0 Å². The summed E-state index contributed by atoms with van der Waals surface area (Å²) >= 11 is 0. The molecule has 1 aliphatic heterocycles. The van der Waals surface area contributed by atoms with Crippen molar-refractivity contribution in [3.8, 4) is 0 Å². The van der Waals surface area contributed by atoms with Gasteiger partial charge in [0.25, 0.3) is 5.91 Å². The molecule has 2 heterocycles. The van der Waals surface area contributed by atoms with Crippen LogP contribution < -0.4 is 10.2 Å². The van der Waals surface area contributed by atoms with Gasteiger partial charge in [0.2, 0.25) is 0 Å². The Kier molecular flexibility index (Phi) is 7.28. The number of nitrogens with zero attached hydrogens (tertiary/aromatic N) is 2. The van der Waals surface area contributed by atoms with Crippen LogP contribution in [0.5, 0.6) is 0 Å². The second kappa shape index (κ2) is 10.5. The highest BCUT2D eigenvalue weighted by atomic mass is 16.3. The quantitative estimate of drug-likeness (QED) is 0.559. The van der Waals surface area contributed by atoms with Crippen molar-refractivity contribution in [3.63, 3.8) is 0 Å². The van der Waals surface area contributed by atoms with E-state index in [1.807, 2.05) is 18.2 Å². The van der Waals surface area contributed by atoms with Gasteiger partial charge in [-0.2, -0.15) is 0 Å². The maximum atomic E-state index is 12.1. The summed E-state index contributed by atoms with van der Waals surface area (Å²) in [6.45, 7) is 3.02. The van der Waals surface area contributed by atoms with E-state index in [1.54, 1.807) is 25.3 Å². The first-order valence-corrected chi connectivity index (χ1v) is 11.5. The lowest BCUT2D eigenvalue weighted by atomic mass is 9.93. The zero-order chi connectivity index (χ0) is 22.3. The number of benzene rings is 2. The van der Waals surface area contributed by atoms with Crippen LogP contribution in [-0.4, -0.2) is 50.6 Å². The Hall–Kier alpha value is -3.05. The highest BCUT2D eigenvalue weighted by Crippen LogP contribution is 2.28. The van der Waals surface area contributed by atoms with Gasteiger partial charge >= 0.3 is 0 Å². The first-order valence-electron chi connectivity index (χ1n) is 11.5. The fourth-order valence-electron chi connectivity index (χ4n) is 4.49. The van der Waals surface area contributed by atoms with Gasteiger partial charge in [-0.1, -0.05) is 30.3 Å². The van der Waals surface area contributed by atoms with Crippen LogP contribution in [-0.2, 0) is 0 Å². The van der Waals surface area contributed by atoms with Crippen molar-refractivity contribution >= 4 is 11.6 Å². The van der Waals surface area contributed by atoms with Crippen LogP contribution >= 0.6 is 0 Å². The normalized spacial score (nSPS) is 15.5. The fraction of sp³-hybridized carbons (Fsp3) is 0.370.